The van der Waals surface area contributed by atoms with Gasteiger partial charge in [-0.05, 0) is 56.4 Å². The molecular formula is C30H29F3N4O4S. The summed E-state index contributed by atoms with van der Waals surface area (Å²) in [5.74, 6) is -3.16. The van der Waals surface area contributed by atoms with E-state index in [9.17, 15) is 31.6 Å². The highest BCUT2D eigenvalue weighted by Gasteiger charge is 2.48. The summed E-state index contributed by atoms with van der Waals surface area (Å²) in [5, 5.41) is 12.3. The Hall–Kier alpha value is -3.85. The molecule has 2 aliphatic carbocycles. The van der Waals surface area contributed by atoms with Crippen LogP contribution in [0.25, 0.3) is 22.7 Å². The average molecular weight is 599 g/mol. The standard InChI is InChI=1S/C30H29F3N4O4S/c31-19-3-7-22(24(15-19)28(38)36-30(17-34)9-10-30)27-26(35-29(41-27)23-8-4-20(32)16-25(23)33)18-1-5-21(6-2-18)37-11-13-42(39,40)14-12-37/h1-2,4-6,8,16,19,22,24H,3,7,9-15H2,(H,36,38). The monoisotopic (exact) mass is 598 g/mol. The molecule has 2 saturated carbocycles. The summed E-state index contributed by atoms with van der Waals surface area (Å²) in [5.41, 5.74) is 0.791. The van der Waals surface area contributed by atoms with Crippen LogP contribution < -0.4 is 10.2 Å². The minimum Gasteiger partial charge on any atom is -0.440 e. The number of nitriles is 1. The number of sulfone groups is 1. The van der Waals surface area contributed by atoms with E-state index < -0.39 is 50.9 Å². The van der Waals surface area contributed by atoms with E-state index in [1.807, 2.05) is 17.0 Å². The summed E-state index contributed by atoms with van der Waals surface area (Å²) in [6, 6.07) is 12.4. The number of anilines is 1. The minimum absolute atomic E-state index is 0.0587. The molecule has 3 aliphatic rings. The summed E-state index contributed by atoms with van der Waals surface area (Å²) in [7, 11) is -3.04. The Morgan fingerprint density at radius 3 is 2.45 bits per heavy atom. The van der Waals surface area contributed by atoms with Crippen LogP contribution in [0.3, 0.4) is 0 Å². The van der Waals surface area contributed by atoms with Crippen molar-refractivity contribution in [1.82, 2.24) is 10.3 Å². The summed E-state index contributed by atoms with van der Waals surface area (Å²) in [4.78, 5) is 19.9. The first-order valence-corrected chi connectivity index (χ1v) is 15.8. The third-order valence-corrected chi connectivity index (χ3v) is 10.1. The predicted octanol–water partition coefficient (Wildman–Crippen LogP) is 4.92. The second-order valence-corrected chi connectivity index (χ2v) is 13.7. The lowest BCUT2D eigenvalue weighted by atomic mass is 9.75. The van der Waals surface area contributed by atoms with Crippen molar-refractivity contribution in [2.45, 2.75) is 49.7 Å². The molecule has 8 nitrogen and oxygen atoms in total. The first-order chi connectivity index (χ1) is 20.1. The molecule has 3 fully saturated rings. The molecule has 1 N–H and O–H groups in total. The average Bonchev–Trinajstić information content (AvgIpc) is 3.61. The Balaban J connectivity index is 1.38. The van der Waals surface area contributed by atoms with E-state index in [2.05, 4.69) is 16.4 Å². The molecule has 0 radical (unpaired) electrons. The van der Waals surface area contributed by atoms with Gasteiger partial charge in [0.1, 0.15) is 34.8 Å². The Labute approximate surface area is 241 Å². The zero-order chi connectivity index (χ0) is 29.6. The molecule has 3 unspecified atom stereocenters. The molecule has 42 heavy (non-hydrogen) atoms. The molecule has 2 heterocycles. The summed E-state index contributed by atoms with van der Waals surface area (Å²) in [6.45, 7) is 0.747. The molecule has 6 rings (SSSR count). The van der Waals surface area contributed by atoms with Crippen molar-refractivity contribution in [3.8, 4) is 28.8 Å². The zero-order valence-electron chi connectivity index (χ0n) is 22.7. The Morgan fingerprint density at radius 1 is 1.10 bits per heavy atom. The second-order valence-electron chi connectivity index (χ2n) is 11.3. The van der Waals surface area contributed by atoms with Crippen molar-refractivity contribution in [3.63, 3.8) is 0 Å². The maximum absolute atomic E-state index is 14.8. The molecule has 0 bridgehead atoms. The molecule has 1 aromatic heterocycles. The van der Waals surface area contributed by atoms with Crippen molar-refractivity contribution in [1.29, 1.82) is 5.26 Å². The van der Waals surface area contributed by atoms with Crippen LogP contribution >= 0.6 is 0 Å². The summed E-state index contributed by atoms with van der Waals surface area (Å²) >= 11 is 0. The number of nitrogens with one attached hydrogen (secondary N) is 1. The summed E-state index contributed by atoms with van der Waals surface area (Å²) in [6.07, 6.45) is 0.254. The van der Waals surface area contributed by atoms with E-state index in [0.29, 0.717) is 42.9 Å². The highest BCUT2D eigenvalue weighted by molar-refractivity contribution is 7.91. The fourth-order valence-electron chi connectivity index (χ4n) is 5.81. The predicted molar refractivity (Wildman–Crippen MR) is 149 cm³/mol. The van der Waals surface area contributed by atoms with Crippen molar-refractivity contribution in [2.24, 2.45) is 5.92 Å². The van der Waals surface area contributed by atoms with Crippen molar-refractivity contribution < 1.29 is 30.8 Å². The molecule has 0 spiro atoms. The maximum Gasteiger partial charge on any atom is 0.229 e. The quantitative estimate of drug-likeness (QED) is 0.428. The van der Waals surface area contributed by atoms with Gasteiger partial charge >= 0.3 is 0 Å². The summed E-state index contributed by atoms with van der Waals surface area (Å²) < 4.78 is 72.9. The van der Waals surface area contributed by atoms with Crippen LogP contribution in [-0.2, 0) is 14.6 Å². The number of halogens is 3. The highest BCUT2D eigenvalue weighted by atomic mass is 32.2. The fraction of sp³-hybridized carbons (Fsp3) is 0.433. The molecule has 220 valence electrons. The van der Waals surface area contributed by atoms with Crippen molar-refractivity contribution >= 4 is 21.4 Å². The van der Waals surface area contributed by atoms with Gasteiger partial charge in [0.25, 0.3) is 0 Å². The van der Waals surface area contributed by atoms with E-state index >= 15 is 0 Å². The van der Waals surface area contributed by atoms with E-state index in [0.717, 1.165) is 17.8 Å². The first-order valence-electron chi connectivity index (χ1n) is 14.0. The molecule has 1 aliphatic heterocycles. The molecule has 1 saturated heterocycles. The van der Waals surface area contributed by atoms with Crippen molar-refractivity contribution in [2.75, 3.05) is 29.5 Å². The van der Waals surface area contributed by atoms with Gasteiger partial charge < -0.3 is 14.6 Å². The largest absolute Gasteiger partial charge is 0.440 e. The number of hydrogen-bond donors (Lipinski definition) is 1. The number of amides is 1. The van der Waals surface area contributed by atoms with E-state index in [-0.39, 0.29) is 42.2 Å². The topological polar surface area (TPSA) is 116 Å². The molecule has 3 atom stereocenters. The van der Waals surface area contributed by atoms with Gasteiger partial charge in [-0.1, -0.05) is 12.1 Å². The minimum atomic E-state index is -3.04. The van der Waals surface area contributed by atoms with Gasteiger partial charge in [-0.2, -0.15) is 5.26 Å². The Morgan fingerprint density at radius 2 is 1.81 bits per heavy atom. The van der Waals surface area contributed by atoms with Crippen LogP contribution in [0, 0.1) is 28.9 Å². The fourth-order valence-corrected chi connectivity index (χ4v) is 7.01. The SMILES string of the molecule is N#CC1(NC(=O)C2CC(F)CCC2c2oc(-c3ccc(F)cc3F)nc2-c2ccc(N3CCS(=O)(=O)CC3)cc2)CC1. The number of carbonyl (C=O) groups is 1. The van der Waals surface area contributed by atoms with Gasteiger partial charge in [0.2, 0.25) is 11.8 Å². The van der Waals surface area contributed by atoms with Gasteiger partial charge in [0, 0.05) is 36.3 Å². The first kappa shape index (κ1) is 28.3. The number of hydrogen-bond acceptors (Lipinski definition) is 7. The van der Waals surface area contributed by atoms with Crippen LogP contribution in [0.1, 0.15) is 43.8 Å². The maximum atomic E-state index is 14.8. The van der Waals surface area contributed by atoms with Crippen LogP contribution in [0.5, 0.6) is 0 Å². The van der Waals surface area contributed by atoms with Crippen LogP contribution in [-0.4, -0.2) is 55.6 Å². The van der Waals surface area contributed by atoms with Gasteiger partial charge in [0.15, 0.2) is 9.84 Å². The molecule has 1 amide bonds. The third kappa shape index (κ3) is 5.62. The number of nitrogens with zero attached hydrogens (tertiary/aromatic N) is 3. The third-order valence-electron chi connectivity index (χ3n) is 8.45. The van der Waals surface area contributed by atoms with Crippen LogP contribution in [0.15, 0.2) is 46.9 Å². The Kier molecular flexibility index (Phi) is 7.25. The normalized spacial score (nSPS) is 24.5. The van der Waals surface area contributed by atoms with Gasteiger partial charge in [-0.15, -0.1) is 0 Å². The Bertz CT molecular complexity index is 1650. The van der Waals surface area contributed by atoms with E-state index in [4.69, 9.17) is 4.42 Å². The molecule has 3 aromatic rings. The van der Waals surface area contributed by atoms with Gasteiger partial charge in [0.05, 0.1) is 29.1 Å². The molecular weight excluding hydrogens is 569 g/mol. The number of rotatable bonds is 6. The van der Waals surface area contributed by atoms with Crippen LogP contribution in [0.4, 0.5) is 18.9 Å². The molecule has 2 aromatic carbocycles. The van der Waals surface area contributed by atoms with Crippen LogP contribution in [0.2, 0.25) is 0 Å². The van der Waals surface area contributed by atoms with Gasteiger partial charge in [-0.3, -0.25) is 4.79 Å². The lowest BCUT2D eigenvalue weighted by Crippen LogP contribution is -2.44. The van der Waals surface area contributed by atoms with Gasteiger partial charge in [-0.25, -0.2) is 26.6 Å². The highest BCUT2D eigenvalue weighted by Crippen LogP contribution is 2.46. The number of benzene rings is 2. The van der Waals surface area contributed by atoms with E-state index in [1.54, 1.807) is 12.1 Å². The lowest BCUT2D eigenvalue weighted by molar-refractivity contribution is -0.128. The molecule has 12 heteroatoms. The number of alkyl halides is 1. The lowest BCUT2D eigenvalue weighted by Gasteiger charge is -2.32. The number of aromatic nitrogens is 1. The number of carbonyl (C=O) groups excluding carboxylic acids is 1. The smallest absolute Gasteiger partial charge is 0.229 e. The zero-order valence-corrected chi connectivity index (χ0v) is 23.5. The number of oxazole rings is 1. The second kappa shape index (κ2) is 10.8. The van der Waals surface area contributed by atoms with E-state index in [1.165, 1.54) is 6.07 Å². The van der Waals surface area contributed by atoms with Crippen molar-refractivity contribution in [3.05, 3.63) is 59.9 Å².